The Bertz CT molecular complexity index is 320. The Kier molecular flexibility index (Phi) is 2.57. The highest BCUT2D eigenvalue weighted by Gasteiger charge is 2.30. The Morgan fingerprint density at radius 2 is 2.25 bits per heavy atom. The third-order valence-electron chi connectivity index (χ3n) is 1.52. The molecule has 0 radical (unpaired) electrons. The monoisotopic (exact) mass is 281 g/mol. The molecule has 2 rings (SSSR count). The van der Waals surface area contributed by atoms with Crippen molar-refractivity contribution in [1.29, 1.82) is 0 Å². The molecule has 0 aromatic heterocycles. The number of halogens is 2. The quantitative estimate of drug-likeness (QED) is 0.438. The summed E-state index contributed by atoms with van der Waals surface area (Å²) in [7, 11) is 0. The molecule has 64 valence electrons. The molecule has 1 aromatic carbocycles. The Labute approximate surface area is 90.0 Å². The molecule has 1 aromatic rings. The minimum atomic E-state index is -0.434. The maximum atomic E-state index is 5.92. The van der Waals surface area contributed by atoms with Gasteiger partial charge in [-0.1, -0.05) is 27.2 Å². The third-order valence-corrected chi connectivity index (χ3v) is 4.51. The van der Waals surface area contributed by atoms with Gasteiger partial charge in [-0.2, -0.15) is 0 Å². The summed E-state index contributed by atoms with van der Waals surface area (Å²) in [5, 5.41) is 0. The van der Waals surface area contributed by atoms with Crippen molar-refractivity contribution in [2.75, 3.05) is 11.0 Å². The summed E-state index contributed by atoms with van der Waals surface area (Å²) in [5.74, 6) is 0. The lowest BCUT2D eigenvalue weighted by molar-refractivity contribution is 1.77. The average molecular weight is 283 g/mol. The smallest absolute Gasteiger partial charge is 0.0787 e. The van der Waals surface area contributed by atoms with Crippen LogP contribution in [0.25, 0.3) is 0 Å². The van der Waals surface area contributed by atoms with E-state index in [2.05, 4.69) is 32.4 Å². The second-order valence-corrected chi connectivity index (χ2v) is 8.97. The van der Waals surface area contributed by atoms with Crippen molar-refractivity contribution in [3.8, 4) is 0 Å². The molecule has 1 unspecified atom stereocenters. The first-order valence-electron chi connectivity index (χ1n) is 3.36. The van der Waals surface area contributed by atoms with Crippen LogP contribution in [-0.2, 0) is 0 Å². The van der Waals surface area contributed by atoms with Crippen LogP contribution in [0.1, 0.15) is 0 Å². The van der Waals surface area contributed by atoms with Crippen molar-refractivity contribution in [3.63, 3.8) is 0 Å². The Morgan fingerprint density at radius 3 is 2.83 bits per heavy atom. The fourth-order valence-corrected chi connectivity index (χ4v) is 3.77. The average Bonchev–Trinajstić information content (AvgIpc) is 2.61. The highest BCUT2D eigenvalue weighted by molar-refractivity contribution is 9.10. The van der Waals surface area contributed by atoms with Crippen molar-refractivity contribution in [1.82, 2.24) is 0 Å². The van der Waals surface area contributed by atoms with Crippen molar-refractivity contribution >= 4 is 56.6 Å². The molecule has 5 heteroatoms. The first kappa shape index (κ1) is 9.14. The molecule has 0 bridgehead atoms. The number of rotatable bonds is 2. The number of hydrogen-bond donors (Lipinski definition) is 0. The second-order valence-electron chi connectivity index (χ2n) is 2.43. The first-order chi connectivity index (χ1) is 5.68. The number of benzene rings is 1. The number of hydrogen-bond acceptors (Lipinski definition) is 2. The van der Waals surface area contributed by atoms with E-state index in [1.165, 1.54) is 11.4 Å². The molecule has 1 aliphatic heterocycles. The van der Waals surface area contributed by atoms with Crippen LogP contribution in [0.2, 0.25) is 0 Å². The Balaban J connectivity index is 2.11. The molecule has 12 heavy (non-hydrogen) atoms. The predicted molar refractivity (Wildman–Crippen MR) is 62.6 cm³/mol. The van der Waals surface area contributed by atoms with Gasteiger partial charge in [-0.3, -0.25) is 4.31 Å². The molecule has 0 amide bonds. The maximum Gasteiger partial charge on any atom is 0.0787 e. The zero-order chi connectivity index (χ0) is 8.72. The highest BCUT2D eigenvalue weighted by Crippen LogP contribution is 2.64. The van der Waals surface area contributed by atoms with E-state index in [1.807, 2.05) is 12.7 Å². The fraction of sp³-hybridized carbons (Fsp3) is 0.143. The van der Waals surface area contributed by atoms with Gasteiger partial charge in [0.05, 0.1) is 17.9 Å². The molecule has 1 atom stereocenters. The standard InChI is InChI=1S/C7H6BrClNPS/c1-11(9)12-10-6-3-2-5(8)4-7(6)10/h2-4H,1H3. The van der Waals surface area contributed by atoms with E-state index in [-0.39, 0.29) is 0 Å². The molecule has 0 saturated carbocycles. The van der Waals surface area contributed by atoms with Gasteiger partial charge in [0.2, 0.25) is 0 Å². The van der Waals surface area contributed by atoms with E-state index in [0.29, 0.717) is 0 Å². The van der Waals surface area contributed by atoms with Gasteiger partial charge in [0.25, 0.3) is 0 Å². The number of nitrogens with zero attached hydrogens (tertiary/aromatic N) is 1. The van der Waals surface area contributed by atoms with Crippen molar-refractivity contribution in [3.05, 3.63) is 22.7 Å². The molecule has 1 nitrogen and oxygen atoms in total. The first-order valence-corrected chi connectivity index (χ1v) is 8.22. The van der Waals surface area contributed by atoms with E-state index < -0.39 is 6.48 Å². The summed E-state index contributed by atoms with van der Waals surface area (Å²) in [4.78, 5) is 0. The van der Waals surface area contributed by atoms with Crippen LogP contribution < -0.4 is 4.31 Å². The molecule has 0 spiro atoms. The molecule has 1 aliphatic rings. The Hall–Kier alpha value is 0.570. The summed E-state index contributed by atoms with van der Waals surface area (Å²) in [6.07, 6.45) is 0. The van der Waals surface area contributed by atoms with Crippen LogP contribution in [0.4, 0.5) is 11.4 Å². The number of fused-ring (bicyclic) bond motifs is 1. The van der Waals surface area contributed by atoms with E-state index in [0.717, 1.165) is 4.47 Å². The predicted octanol–water partition coefficient (Wildman–Crippen LogP) is 4.73. The van der Waals surface area contributed by atoms with E-state index in [4.69, 9.17) is 11.2 Å². The molecule has 0 aliphatic carbocycles. The van der Waals surface area contributed by atoms with Gasteiger partial charge < -0.3 is 0 Å². The molecule has 0 fully saturated rings. The summed E-state index contributed by atoms with van der Waals surface area (Å²) in [6.45, 7) is 1.60. The summed E-state index contributed by atoms with van der Waals surface area (Å²) in [5.41, 5.74) is 2.57. The van der Waals surface area contributed by atoms with Gasteiger partial charge in [0, 0.05) is 4.47 Å². The molecule has 0 saturated heterocycles. The van der Waals surface area contributed by atoms with Crippen LogP contribution >= 0.6 is 45.2 Å². The Morgan fingerprint density at radius 1 is 1.50 bits per heavy atom. The van der Waals surface area contributed by atoms with Gasteiger partial charge in [-0.15, -0.1) is 0 Å². The lowest BCUT2D eigenvalue weighted by Crippen LogP contribution is -1.76. The molecular weight excluding hydrogens is 276 g/mol. The van der Waals surface area contributed by atoms with E-state index in [1.54, 1.807) is 11.6 Å². The van der Waals surface area contributed by atoms with Gasteiger partial charge in [0.1, 0.15) is 0 Å². The minimum Gasteiger partial charge on any atom is -0.276 e. The zero-order valence-electron chi connectivity index (χ0n) is 6.29. The van der Waals surface area contributed by atoms with Crippen molar-refractivity contribution in [2.45, 2.75) is 0 Å². The second kappa shape index (κ2) is 3.38. The van der Waals surface area contributed by atoms with Crippen molar-refractivity contribution < 1.29 is 0 Å². The van der Waals surface area contributed by atoms with E-state index in [9.17, 15) is 0 Å². The van der Waals surface area contributed by atoms with Crippen LogP contribution in [0, 0.1) is 0 Å². The van der Waals surface area contributed by atoms with Gasteiger partial charge in [-0.25, -0.2) is 0 Å². The van der Waals surface area contributed by atoms with Crippen LogP contribution in [0.3, 0.4) is 0 Å². The number of anilines is 2. The molecule has 0 N–H and O–H groups in total. The fourth-order valence-electron chi connectivity index (χ4n) is 0.998. The normalized spacial score (nSPS) is 15.8. The lowest BCUT2D eigenvalue weighted by atomic mass is 10.4. The SMILES string of the molecule is CP(Cl)SN1c2ccc(Br)cc21. The molecule has 1 heterocycles. The largest absolute Gasteiger partial charge is 0.276 e. The summed E-state index contributed by atoms with van der Waals surface area (Å²) >= 11 is 11.0. The third kappa shape index (κ3) is 1.74. The van der Waals surface area contributed by atoms with Gasteiger partial charge in [-0.05, 0) is 36.4 Å². The summed E-state index contributed by atoms with van der Waals surface area (Å²) in [6, 6.07) is 6.26. The topological polar surface area (TPSA) is 3.01 Å². The van der Waals surface area contributed by atoms with E-state index >= 15 is 0 Å². The van der Waals surface area contributed by atoms with Crippen LogP contribution in [0.5, 0.6) is 0 Å². The van der Waals surface area contributed by atoms with Crippen LogP contribution in [0.15, 0.2) is 22.7 Å². The maximum absolute atomic E-state index is 5.92. The highest BCUT2D eigenvalue weighted by atomic mass is 79.9. The van der Waals surface area contributed by atoms with Gasteiger partial charge >= 0.3 is 0 Å². The lowest BCUT2D eigenvalue weighted by Gasteiger charge is -2.01. The molecular formula is C7H6BrClNPS. The minimum absolute atomic E-state index is 0.434. The zero-order valence-corrected chi connectivity index (χ0v) is 10.3. The van der Waals surface area contributed by atoms with Gasteiger partial charge in [0.15, 0.2) is 0 Å². The van der Waals surface area contributed by atoms with Crippen LogP contribution in [-0.4, -0.2) is 6.66 Å². The van der Waals surface area contributed by atoms with Crippen molar-refractivity contribution in [2.24, 2.45) is 0 Å². The summed E-state index contributed by atoms with van der Waals surface area (Å²) < 4.78 is 3.29.